The molecular formula is C12H14ClN3O2S. The zero-order valence-electron chi connectivity index (χ0n) is 10.8. The third kappa shape index (κ3) is 2.59. The molecule has 0 radical (unpaired) electrons. The maximum Gasteiger partial charge on any atom is 0.265 e. The van der Waals surface area contributed by atoms with Gasteiger partial charge in [0.25, 0.3) is 10.0 Å². The van der Waals surface area contributed by atoms with E-state index in [4.69, 9.17) is 11.6 Å². The molecule has 1 heterocycles. The first kappa shape index (κ1) is 13.9. The summed E-state index contributed by atoms with van der Waals surface area (Å²) in [7, 11) is -3.67. The molecular weight excluding hydrogens is 286 g/mol. The van der Waals surface area contributed by atoms with E-state index >= 15 is 0 Å². The quantitative estimate of drug-likeness (QED) is 0.915. The number of benzene rings is 1. The molecule has 0 aliphatic heterocycles. The summed E-state index contributed by atoms with van der Waals surface area (Å²) in [5.74, 6) is 0. The molecule has 2 aromatic rings. The van der Waals surface area contributed by atoms with Crippen LogP contribution in [0.5, 0.6) is 0 Å². The van der Waals surface area contributed by atoms with Gasteiger partial charge in [0.2, 0.25) is 0 Å². The number of anilines is 1. The first-order chi connectivity index (χ1) is 8.83. The number of hydrogen-bond acceptors (Lipinski definition) is 3. The normalized spacial score (nSPS) is 11.6. The summed E-state index contributed by atoms with van der Waals surface area (Å²) in [5.41, 5.74) is 2.09. The molecule has 0 aliphatic carbocycles. The van der Waals surface area contributed by atoms with E-state index in [9.17, 15) is 8.42 Å². The molecule has 0 unspecified atom stereocenters. The maximum atomic E-state index is 12.4. The number of sulfonamides is 1. The smallest absolute Gasteiger partial charge is 0.265 e. The molecule has 5 nitrogen and oxygen atoms in total. The van der Waals surface area contributed by atoms with E-state index in [0.717, 1.165) is 0 Å². The molecule has 0 saturated heterocycles. The molecule has 1 aromatic heterocycles. The number of nitrogens with zero attached hydrogens (tertiary/aromatic N) is 1. The zero-order valence-corrected chi connectivity index (χ0v) is 12.4. The molecule has 0 saturated carbocycles. The minimum Gasteiger partial charge on any atom is -0.281 e. The number of aromatic nitrogens is 2. The van der Waals surface area contributed by atoms with Crippen LogP contribution in [0.3, 0.4) is 0 Å². The van der Waals surface area contributed by atoms with Gasteiger partial charge in [-0.3, -0.25) is 9.82 Å². The van der Waals surface area contributed by atoms with Crippen LogP contribution in [0.15, 0.2) is 23.1 Å². The highest BCUT2D eigenvalue weighted by Crippen LogP contribution is 2.26. The largest absolute Gasteiger partial charge is 0.281 e. The Hall–Kier alpha value is -1.53. The highest BCUT2D eigenvalue weighted by Gasteiger charge is 2.23. The lowest BCUT2D eigenvalue weighted by atomic mass is 10.2. The number of nitrogens with one attached hydrogen (secondary N) is 2. The van der Waals surface area contributed by atoms with Gasteiger partial charge in [-0.05, 0) is 38.5 Å². The Morgan fingerprint density at radius 1 is 1.26 bits per heavy atom. The monoisotopic (exact) mass is 299 g/mol. The van der Waals surface area contributed by atoms with Crippen molar-refractivity contribution in [2.24, 2.45) is 0 Å². The molecule has 0 spiro atoms. The predicted octanol–water partition coefficient (Wildman–Crippen LogP) is 2.79. The zero-order chi connectivity index (χ0) is 14.2. The van der Waals surface area contributed by atoms with Crippen LogP contribution < -0.4 is 4.72 Å². The van der Waals surface area contributed by atoms with E-state index in [0.29, 0.717) is 27.7 Å². The average Bonchev–Trinajstić information content (AvgIpc) is 2.65. The van der Waals surface area contributed by atoms with E-state index in [1.807, 2.05) is 0 Å². The predicted molar refractivity (Wildman–Crippen MR) is 75.1 cm³/mol. The van der Waals surface area contributed by atoms with Gasteiger partial charge in [0, 0.05) is 5.02 Å². The second-order valence-electron chi connectivity index (χ2n) is 4.28. The van der Waals surface area contributed by atoms with E-state index in [2.05, 4.69) is 14.9 Å². The minimum atomic E-state index is -3.67. The standard InChI is InChI=1S/C12H14ClN3O2S/c1-7-10(13)5-4-6-11(7)16-19(17,18)12-8(2)14-15-9(12)3/h4-6,16H,1-3H3,(H,14,15). The Morgan fingerprint density at radius 2 is 1.95 bits per heavy atom. The number of hydrogen-bond donors (Lipinski definition) is 2. The molecule has 0 fully saturated rings. The minimum absolute atomic E-state index is 0.173. The maximum absolute atomic E-state index is 12.4. The van der Waals surface area contributed by atoms with Crippen molar-refractivity contribution in [1.29, 1.82) is 0 Å². The van der Waals surface area contributed by atoms with Crippen molar-refractivity contribution in [2.45, 2.75) is 25.7 Å². The molecule has 0 aliphatic rings. The van der Waals surface area contributed by atoms with Crippen LogP contribution >= 0.6 is 11.6 Å². The molecule has 0 bridgehead atoms. The van der Waals surface area contributed by atoms with E-state index in [-0.39, 0.29) is 4.90 Å². The van der Waals surface area contributed by atoms with Gasteiger partial charge in [-0.2, -0.15) is 5.10 Å². The molecule has 102 valence electrons. The third-order valence-corrected chi connectivity index (χ3v) is 4.88. The molecule has 2 rings (SSSR count). The fraction of sp³-hybridized carbons (Fsp3) is 0.250. The van der Waals surface area contributed by atoms with Crippen LogP contribution in [0, 0.1) is 20.8 Å². The lowest BCUT2D eigenvalue weighted by molar-refractivity contribution is 0.600. The molecule has 7 heteroatoms. The second kappa shape index (κ2) is 4.86. The highest BCUT2D eigenvalue weighted by atomic mass is 35.5. The van der Waals surface area contributed by atoms with Gasteiger partial charge in [-0.1, -0.05) is 17.7 Å². The Balaban J connectivity index is 2.46. The van der Waals surface area contributed by atoms with Gasteiger partial charge < -0.3 is 0 Å². The summed E-state index contributed by atoms with van der Waals surface area (Å²) < 4.78 is 27.2. The van der Waals surface area contributed by atoms with Crippen molar-refractivity contribution >= 4 is 27.3 Å². The van der Waals surface area contributed by atoms with E-state index in [1.165, 1.54) is 0 Å². The van der Waals surface area contributed by atoms with E-state index in [1.54, 1.807) is 39.0 Å². The van der Waals surface area contributed by atoms with Crippen LogP contribution in [-0.2, 0) is 10.0 Å². The Kier molecular flexibility index (Phi) is 3.56. The fourth-order valence-corrected chi connectivity index (χ4v) is 3.52. The van der Waals surface area contributed by atoms with Crippen molar-refractivity contribution in [2.75, 3.05) is 4.72 Å². The van der Waals surface area contributed by atoms with Gasteiger partial charge in [0.15, 0.2) is 0 Å². The van der Waals surface area contributed by atoms with Crippen molar-refractivity contribution < 1.29 is 8.42 Å². The van der Waals surface area contributed by atoms with Crippen molar-refractivity contribution in [3.63, 3.8) is 0 Å². The Bertz CT molecular complexity index is 703. The van der Waals surface area contributed by atoms with Crippen molar-refractivity contribution in [3.05, 3.63) is 40.2 Å². The second-order valence-corrected chi connectivity index (χ2v) is 6.31. The summed E-state index contributed by atoms with van der Waals surface area (Å²) in [6, 6.07) is 5.08. The molecule has 1 aromatic carbocycles. The number of halogens is 1. The van der Waals surface area contributed by atoms with Crippen LogP contribution in [0.25, 0.3) is 0 Å². The lowest BCUT2D eigenvalue weighted by Crippen LogP contribution is -2.15. The van der Waals surface area contributed by atoms with Gasteiger partial charge in [-0.25, -0.2) is 8.42 Å². The van der Waals surface area contributed by atoms with Crippen LogP contribution in [0.1, 0.15) is 17.0 Å². The van der Waals surface area contributed by atoms with Crippen LogP contribution in [0.2, 0.25) is 5.02 Å². The average molecular weight is 300 g/mol. The van der Waals surface area contributed by atoms with Gasteiger partial charge in [-0.15, -0.1) is 0 Å². The first-order valence-corrected chi connectivity index (χ1v) is 7.48. The summed E-state index contributed by atoms with van der Waals surface area (Å²) in [6.45, 7) is 5.07. The molecule has 2 N–H and O–H groups in total. The Morgan fingerprint density at radius 3 is 2.53 bits per heavy atom. The highest BCUT2D eigenvalue weighted by molar-refractivity contribution is 7.92. The topological polar surface area (TPSA) is 74.8 Å². The Labute approximate surface area is 117 Å². The van der Waals surface area contributed by atoms with Crippen molar-refractivity contribution in [1.82, 2.24) is 10.2 Å². The molecule has 0 amide bonds. The van der Waals surface area contributed by atoms with Crippen molar-refractivity contribution in [3.8, 4) is 0 Å². The van der Waals surface area contributed by atoms with Crippen LogP contribution in [-0.4, -0.2) is 18.6 Å². The summed E-state index contributed by atoms with van der Waals surface area (Å²) in [4.78, 5) is 0.173. The number of H-pyrrole nitrogens is 1. The molecule has 19 heavy (non-hydrogen) atoms. The first-order valence-electron chi connectivity index (χ1n) is 5.62. The number of aryl methyl sites for hydroxylation is 2. The fourth-order valence-electron chi connectivity index (χ4n) is 1.85. The number of aromatic amines is 1. The van der Waals surface area contributed by atoms with Gasteiger partial charge in [0.1, 0.15) is 4.90 Å². The molecule has 0 atom stereocenters. The summed E-state index contributed by atoms with van der Waals surface area (Å²) in [5, 5.41) is 7.07. The van der Waals surface area contributed by atoms with E-state index < -0.39 is 10.0 Å². The van der Waals surface area contributed by atoms with Crippen LogP contribution in [0.4, 0.5) is 5.69 Å². The third-order valence-electron chi connectivity index (χ3n) is 2.84. The summed E-state index contributed by atoms with van der Waals surface area (Å²) >= 11 is 5.98. The number of rotatable bonds is 3. The van der Waals surface area contributed by atoms with Gasteiger partial charge >= 0.3 is 0 Å². The summed E-state index contributed by atoms with van der Waals surface area (Å²) in [6.07, 6.45) is 0. The van der Waals surface area contributed by atoms with Gasteiger partial charge in [0.05, 0.1) is 17.1 Å². The lowest BCUT2D eigenvalue weighted by Gasteiger charge is -2.11. The SMILES string of the molecule is Cc1n[nH]c(C)c1S(=O)(=O)Nc1cccc(Cl)c1C.